The van der Waals surface area contributed by atoms with Crippen molar-refractivity contribution in [3.63, 3.8) is 0 Å². The maximum atomic E-state index is 9.44. The molecule has 0 fully saturated rings. The summed E-state index contributed by atoms with van der Waals surface area (Å²) in [6, 6.07) is 10.3. The summed E-state index contributed by atoms with van der Waals surface area (Å²) in [5, 5.41) is 9.44. The average Bonchev–Trinajstić information content (AvgIpc) is 2.25. The maximum Gasteiger partial charge on any atom is 0.0687 e. The SMILES string of the molecule is CCCCN(C[C@@H](C)O)c1ccccc1. The minimum absolute atomic E-state index is 0.276. The molecule has 0 aliphatic heterocycles. The van der Waals surface area contributed by atoms with Gasteiger partial charge in [-0.3, -0.25) is 0 Å². The first kappa shape index (κ1) is 12.1. The summed E-state index contributed by atoms with van der Waals surface area (Å²) in [6.07, 6.45) is 2.08. The van der Waals surface area contributed by atoms with E-state index in [0.29, 0.717) is 6.54 Å². The van der Waals surface area contributed by atoms with Crippen LogP contribution in [0.3, 0.4) is 0 Å². The molecule has 1 atom stereocenters. The van der Waals surface area contributed by atoms with E-state index < -0.39 is 0 Å². The molecule has 0 amide bonds. The smallest absolute Gasteiger partial charge is 0.0687 e. The normalized spacial score (nSPS) is 12.5. The van der Waals surface area contributed by atoms with Crippen LogP contribution < -0.4 is 4.90 Å². The predicted octanol–water partition coefficient (Wildman–Crippen LogP) is 2.67. The number of para-hydroxylation sites is 1. The zero-order chi connectivity index (χ0) is 11.1. The largest absolute Gasteiger partial charge is 0.392 e. The van der Waals surface area contributed by atoms with Crippen LogP contribution in [0.5, 0.6) is 0 Å². The fourth-order valence-electron chi connectivity index (χ4n) is 1.63. The number of aliphatic hydroxyl groups is 1. The van der Waals surface area contributed by atoms with Crippen LogP contribution in [-0.4, -0.2) is 24.3 Å². The molecule has 15 heavy (non-hydrogen) atoms. The van der Waals surface area contributed by atoms with Gasteiger partial charge in [0, 0.05) is 18.8 Å². The lowest BCUT2D eigenvalue weighted by atomic mass is 10.2. The first-order chi connectivity index (χ1) is 7.24. The highest BCUT2D eigenvalue weighted by atomic mass is 16.3. The minimum atomic E-state index is -0.276. The summed E-state index contributed by atoms with van der Waals surface area (Å²) in [7, 11) is 0. The molecular weight excluding hydrogens is 186 g/mol. The topological polar surface area (TPSA) is 23.5 Å². The molecule has 84 valence electrons. The third-order valence-corrected chi connectivity index (χ3v) is 2.39. The van der Waals surface area contributed by atoms with E-state index in [1.165, 1.54) is 18.5 Å². The number of rotatable bonds is 6. The Labute approximate surface area is 92.5 Å². The summed E-state index contributed by atoms with van der Waals surface area (Å²) < 4.78 is 0. The summed E-state index contributed by atoms with van der Waals surface area (Å²) in [5.41, 5.74) is 1.20. The first-order valence-corrected chi connectivity index (χ1v) is 5.72. The number of hydrogen-bond donors (Lipinski definition) is 1. The Hall–Kier alpha value is -1.02. The van der Waals surface area contributed by atoms with Gasteiger partial charge in [-0.15, -0.1) is 0 Å². The quantitative estimate of drug-likeness (QED) is 0.775. The summed E-state index contributed by atoms with van der Waals surface area (Å²) in [4.78, 5) is 2.24. The number of aliphatic hydroxyl groups excluding tert-OH is 1. The predicted molar refractivity (Wildman–Crippen MR) is 65.2 cm³/mol. The van der Waals surface area contributed by atoms with Gasteiger partial charge in [0.25, 0.3) is 0 Å². The van der Waals surface area contributed by atoms with Crippen molar-refractivity contribution in [3.8, 4) is 0 Å². The number of anilines is 1. The molecule has 0 aliphatic rings. The van der Waals surface area contributed by atoms with Crippen molar-refractivity contribution in [1.29, 1.82) is 0 Å². The molecule has 0 saturated carbocycles. The molecule has 0 spiro atoms. The third-order valence-electron chi connectivity index (χ3n) is 2.39. The third kappa shape index (κ3) is 4.34. The van der Waals surface area contributed by atoms with Crippen molar-refractivity contribution in [3.05, 3.63) is 30.3 Å². The van der Waals surface area contributed by atoms with Gasteiger partial charge in [0.2, 0.25) is 0 Å². The molecule has 0 heterocycles. The molecule has 2 heteroatoms. The van der Waals surface area contributed by atoms with Crippen LogP contribution in [0.4, 0.5) is 5.69 Å². The van der Waals surface area contributed by atoms with Gasteiger partial charge >= 0.3 is 0 Å². The van der Waals surface area contributed by atoms with Crippen LogP contribution in [-0.2, 0) is 0 Å². The molecular formula is C13H21NO. The lowest BCUT2D eigenvalue weighted by molar-refractivity contribution is 0.200. The molecule has 1 aromatic rings. The Kier molecular flexibility index (Phi) is 5.19. The van der Waals surface area contributed by atoms with Crippen LogP contribution in [0.25, 0.3) is 0 Å². The molecule has 0 aromatic heterocycles. The highest BCUT2D eigenvalue weighted by Crippen LogP contribution is 2.14. The molecule has 1 aromatic carbocycles. The number of hydrogen-bond acceptors (Lipinski definition) is 2. The number of benzene rings is 1. The Morgan fingerprint density at radius 3 is 2.47 bits per heavy atom. The van der Waals surface area contributed by atoms with E-state index in [1.54, 1.807) is 0 Å². The van der Waals surface area contributed by atoms with E-state index in [2.05, 4.69) is 24.0 Å². The van der Waals surface area contributed by atoms with Gasteiger partial charge < -0.3 is 10.0 Å². The Morgan fingerprint density at radius 2 is 1.93 bits per heavy atom. The second-order valence-electron chi connectivity index (χ2n) is 3.98. The van der Waals surface area contributed by atoms with E-state index in [1.807, 2.05) is 25.1 Å². The van der Waals surface area contributed by atoms with E-state index in [4.69, 9.17) is 0 Å². The molecule has 0 bridgehead atoms. The van der Waals surface area contributed by atoms with Crippen molar-refractivity contribution in [2.24, 2.45) is 0 Å². The fourth-order valence-corrected chi connectivity index (χ4v) is 1.63. The molecule has 0 aliphatic carbocycles. The average molecular weight is 207 g/mol. The van der Waals surface area contributed by atoms with Crippen LogP contribution in [0.15, 0.2) is 30.3 Å². The highest BCUT2D eigenvalue weighted by molar-refractivity contribution is 5.45. The van der Waals surface area contributed by atoms with Gasteiger partial charge in [-0.2, -0.15) is 0 Å². The van der Waals surface area contributed by atoms with Crippen LogP contribution in [0, 0.1) is 0 Å². The van der Waals surface area contributed by atoms with E-state index >= 15 is 0 Å². The Bertz CT molecular complexity index is 258. The zero-order valence-electron chi connectivity index (χ0n) is 9.69. The molecule has 1 N–H and O–H groups in total. The van der Waals surface area contributed by atoms with Gasteiger partial charge in [0.15, 0.2) is 0 Å². The monoisotopic (exact) mass is 207 g/mol. The standard InChI is InChI=1S/C13H21NO/c1-3-4-10-14(11-12(2)15)13-8-6-5-7-9-13/h5-9,12,15H,3-4,10-11H2,1-2H3/t12-/m1/s1. The Morgan fingerprint density at radius 1 is 1.27 bits per heavy atom. The number of unbranched alkanes of at least 4 members (excludes halogenated alkanes) is 1. The van der Waals surface area contributed by atoms with Crippen molar-refractivity contribution in [2.45, 2.75) is 32.8 Å². The molecule has 0 unspecified atom stereocenters. The van der Waals surface area contributed by atoms with Crippen LogP contribution >= 0.6 is 0 Å². The van der Waals surface area contributed by atoms with Gasteiger partial charge in [0.05, 0.1) is 6.10 Å². The molecule has 1 rings (SSSR count). The summed E-state index contributed by atoms with van der Waals surface area (Å²) >= 11 is 0. The van der Waals surface area contributed by atoms with Crippen LogP contribution in [0.1, 0.15) is 26.7 Å². The van der Waals surface area contributed by atoms with Gasteiger partial charge in [0.1, 0.15) is 0 Å². The zero-order valence-corrected chi connectivity index (χ0v) is 9.69. The highest BCUT2D eigenvalue weighted by Gasteiger charge is 2.07. The van der Waals surface area contributed by atoms with Gasteiger partial charge in [-0.25, -0.2) is 0 Å². The van der Waals surface area contributed by atoms with Crippen LogP contribution in [0.2, 0.25) is 0 Å². The second kappa shape index (κ2) is 6.46. The molecule has 2 nitrogen and oxygen atoms in total. The Balaban J connectivity index is 2.63. The van der Waals surface area contributed by atoms with E-state index in [9.17, 15) is 5.11 Å². The van der Waals surface area contributed by atoms with E-state index in [0.717, 1.165) is 6.54 Å². The lowest BCUT2D eigenvalue weighted by Crippen LogP contribution is -2.31. The summed E-state index contributed by atoms with van der Waals surface area (Å²) in [5.74, 6) is 0. The maximum absolute atomic E-state index is 9.44. The minimum Gasteiger partial charge on any atom is -0.392 e. The summed E-state index contributed by atoms with van der Waals surface area (Å²) in [6.45, 7) is 5.75. The van der Waals surface area contributed by atoms with Crippen molar-refractivity contribution in [2.75, 3.05) is 18.0 Å². The first-order valence-electron chi connectivity index (χ1n) is 5.72. The van der Waals surface area contributed by atoms with Crippen molar-refractivity contribution in [1.82, 2.24) is 0 Å². The van der Waals surface area contributed by atoms with Gasteiger partial charge in [-0.1, -0.05) is 31.5 Å². The second-order valence-corrected chi connectivity index (χ2v) is 3.98. The molecule has 0 saturated heterocycles. The van der Waals surface area contributed by atoms with E-state index in [-0.39, 0.29) is 6.10 Å². The lowest BCUT2D eigenvalue weighted by Gasteiger charge is -2.26. The van der Waals surface area contributed by atoms with Gasteiger partial charge in [-0.05, 0) is 25.5 Å². The molecule has 0 radical (unpaired) electrons. The number of nitrogens with zero attached hydrogens (tertiary/aromatic N) is 1. The van der Waals surface area contributed by atoms with Crippen molar-refractivity contribution < 1.29 is 5.11 Å². The van der Waals surface area contributed by atoms with Crippen molar-refractivity contribution >= 4 is 5.69 Å². The fraction of sp³-hybridized carbons (Fsp3) is 0.538.